The molecule has 1 heterocycles. The van der Waals surface area contributed by atoms with Gasteiger partial charge in [-0.05, 0) is 52.7 Å². The van der Waals surface area contributed by atoms with Gasteiger partial charge in [-0.3, -0.25) is 4.72 Å². The van der Waals surface area contributed by atoms with Crippen molar-refractivity contribution in [3.05, 3.63) is 40.5 Å². The van der Waals surface area contributed by atoms with Crippen LogP contribution in [0.1, 0.15) is 5.56 Å². The van der Waals surface area contributed by atoms with E-state index in [1.807, 2.05) is 0 Å². The van der Waals surface area contributed by atoms with Crippen LogP contribution in [0.15, 0.2) is 39.8 Å². The summed E-state index contributed by atoms with van der Waals surface area (Å²) in [6.45, 7) is 1.69. The van der Waals surface area contributed by atoms with Gasteiger partial charge in [0.2, 0.25) is 0 Å². The average molecular weight is 343 g/mol. The molecule has 0 saturated heterocycles. The number of aryl methyl sites for hydroxylation is 1. The molecule has 100 valence electrons. The maximum absolute atomic E-state index is 12.2. The van der Waals surface area contributed by atoms with Crippen molar-refractivity contribution in [3.63, 3.8) is 0 Å². The van der Waals surface area contributed by atoms with Gasteiger partial charge >= 0.3 is 0 Å². The van der Waals surface area contributed by atoms with Crippen LogP contribution in [0.2, 0.25) is 0 Å². The number of hydrogen-bond acceptors (Lipinski definition) is 5. The summed E-state index contributed by atoms with van der Waals surface area (Å²) in [7, 11) is -3.74. The van der Waals surface area contributed by atoms with E-state index >= 15 is 0 Å². The second-order valence-corrected chi connectivity index (χ2v) is 6.36. The topological polar surface area (TPSA) is 98.0 Å². The van der Waals surface area contributed by atoms with Crippen molar-refractivity contribution in [2.45, 2.75) is 11.8 Å². The first-order valence-electron chi connectivity index (χ1n) is 5.26. The van der Waals surface area contributed by atoms with E-state index in [9.17, 15) is 8.42 Å². The van der Waals surface area contributed by atoms with Gasteiger partial charge in [-0.15, -0.1) is 5.10 Å². The summed E-state index contributed by atoms with van der Waals surface area (Å²) < 4.78 is 27.5. The maximum atomic E-state index is 12.2. The van der Waals surface area contributed by atoms with Crippen molar-refractivity contribution in [1.29, 1.82) is 0 Å². The van der Waals surface area contributed by atoms with E-state index in [4.69, 9.17) is 5.73 Å². The quantitative estimate of drug-likeness (QED) is 0.830. The van der Waals surface area contributed by atoms with Crippen molar-refractivity contribution < 1.29 is 8.42 Å². The molecule has 0 amide bonds. The zero-order valence-corrected chi connectivity index (χ0v) is 12.4. The van der Waals surface area contributed by atoms with Crippen LogP contribution < -0.4 is 10.5 Å². The number of nitrogens with one attached hydrogen (secondary N) is 1. The van der Waals surface area contributed by atoms with Gasteiger partial charge in [0.15, 0.2) is 5.82 Å². The first kappa shape index (κ1) is 13.8. The predicted molar refractivity (Wildman–Crippen MR) is 76.1 cm³/mol. The van der Waals surface area contributed by atoms with Crippen molar-refractivity contribution in [3.8, 4) is 0 Å². The average Bonchev–Trinajstić information content (AvgIpc) is 2.34. The van der Waals surface area contributed by atoms with E-state index < -0.39 is 10.0 Å². The monoisotopic (exact) mass is 342 g/mol. The molecular weight excluding hydrogens is 332 g/mol. The highest BCUT2D eigenvalue weighted by Gasteiger charge is 2.19. The summed E-state index contributed by atoms with van der Waals surface area (Å²) in [6, 6.07) is 6.16. The lowest BCUT2D eigenvalue weighted by Gasteiger charge is -2.11. The molecule has 6 nitrogen and oxygen atoms in total. The largest absolute Gasteiger partial charge is 0.398 e. The van der Waals surface area contributed by atoms with Crippen molar-refractivity contribution in [2.75, 3.05) is 10.5 Å². The lowest BCUT2D eigenvalue weighted by atomic mass is 10.2. The van der Waals surface area contributed by atoms with E-state index in [0.29, 0.717) is 15.7 Å². The van der Waals surface area contributed by atoms with E-state index in [2.05, 4.69) is 30.8 Å². The van der Waals surface area contributed by atoms with Crippen LogP contribution in [-0.4, -0.2) is 18.6 Å². The molecule has 0 aliphatic rings. The molecule has 0 atom stereocenters. The van der Waals surface area contributed by atoms with E-state index in [0.717, 1.165) is 0 Å². The number of halogens is 1. The van der Waals surface area contributed by atoms with Crippen LogP contribution in [0.25, 0.3) is 0 Å². The van der Waals surface area contributed by atoms with E-state index in [1.54, 1.807) is 19.1 Å². The Morgan fingerprint density at radius 3 is 2.74 bits per heavy atom. The van der Waals surface area contributed by atoms with Gasteiger partial charge in [0.25, 0.3) is 10.0 Å². The van der Waals surface area contributed by atoms with E-state index in [-0.39, 0.29) is 10.7 Å². The van der Waals surface area contributed by atoms with Crippen LogP contribution in [-0.2, 0) is 10.0 Å². The minimum Gasteiger partial charge on any atom is -0.398 e. The Hall–Kier alpha value is -1.67. The molecule has 0 spiro atoms. The van der Waals surface area contributed by atoms with E-state index in [1.165, 1.54) is 18.3 Å². The number of anilines is 2. The Bertz CT molecular complexity index is 704. The second-order valence-electron chi connectivity index (χ2n) is 3.85. The van der Waals surface area contributed by atoms with Gasteiger partial charge in [-0.25, -0.2) is 8.42 Å². The zero-order valence-electron chi connectivity index (χ0n) is 9.96. The number of nitrogens with two attached hydrogens (primary N) is 1. The fraction of sp³-hybridized carbons (Fsp3) is 0.0909. The number of hydrogen-bond donors (Lipinski definition) is 2. The third kappa shape index (κ3) is 3.02. The molecule has 2 aromatic rings. The number of sulfonamides is 1. The normalized spacial score (nSPS) is 11.3. The van der Waals surface area contributed by atoms with Gasteiger partial charge in [0, 0.05) is 16.4 Å². The molecule has 1 aromatic carbocycles. The Balaban J connectivity index is 2.43. The SMILES string of the molecule is Cc1cc(Br)c(N)cc1S(=O)(=O)Nc1cccnn1. The molecule has 0 unspecified atom stereocenters. The first-order valence-corrected chi connectivity index (χ1v) is 7.54. The molecule has 0 radical (unpaired) electrons. The van der Waals surface area contributed by atoms with Crippen LogP contribution in [0.4, 0.5) is 11.5 Å². The van der Waals surface area contributed by atoms with Crippen LogP contribution >= 0.6 is 15.9 Å². The molecule has 3 N–H and O–H groups in total. The van der Waals surface area contributed by atoms with Crippen LogP contribution in [0, 0.1) is 6.92 Å². The van der Waals surface area contributed by atoms with Gasteiger partial charge in [0.1, 0.15) is 0 Å². The third-order valence-electron chi connectivity index (χ3n) is 2.40. The number of nitrogens with zero attached hydrogens (tertiary/aromatic N) is 2. The van der Waals surface area contributed by atoms with Crippen molar-refractivity contribution in [2.24, 2.45) is 0 Å². The molecule has 8 heteroatoms. The lowest BCUT2D eigenvalue weighted by Crippen LogP contribution is -2.15. The second kappa shape index (κ2) is 5.14. The Morgan fingerprint density at radius 2 is 2.11 bits per heavy atom. The standard InChI is InChI=1S/C11H11BrN4O2S/c1-7-5-8(12)9(13)6-10(7)19(17,18)16-11-3-2-4-14-15-11/h2-6H,13H2,1H3,(H,15,16). The Labute approximate surface area is 119 Å². The first-order chi connectivity index (χ1) is 8.90. The highest BCUT2D eigenvalue weighted by atomic mass is 79.9. The van der Waals surface area contributed by atoms with Gasteiger partial charge < -0.3 is 5.73 Å². The highest BCUT2D eigenvalue weighted by Crippen LogP contribution is 2.27. The van der Waals surface area contributed by atoms with Crippen LogP contribution in [0.5, 0.6) is 0 Å². The minimum atomic E-state index is -3.74. The minimum absolute atomic E-state index is 0.110. The third-order valence-corrected chi connectivity index (χ3v) is 4.58. The summed E-state index contributed by atoms with van der Waals surface area (Å²) >= 11 is 3.25. The molecular formula is C11H11BrN4O2S. The molecule has 19 heavy (non-hydrogen) atoms. The van der Waals surface area contributed by atoms with Gasteiger partial charge in [-0.1, -0.05) is 0 Å². The molecule has 2 rings (SSSR count). The number of aromatic nitrogens is 2. The molecule has 1 aromatic heterocycles. The predicted octanol–water partition coefficient (Wildman–Crippen LogP) is 1.93. The fourth-order valence-corrected chi connectivity index (χ4v) is 3.22. The number of nitrogen functional groups attached to an aromatic ring is 1. The molecule has 0 aliphatic heterocycles. The summed E-state index contributed by atoms with van der Waals surface area (Å²) in [5.41, 5.74) is 6.65. The molecule has 0 saturated carbocycles. The smallest absolute Gasteiger partial charge is 0.263 e. The molecule has 0 bridgehead atoms. The molecule has 0 aliphatic carbocycles. The highest BCUT2D eigenvalue weighted by molar-refractivity contribution is 9.10. The Kier molecular flexibility index (Phi) is 3.72. The van der Waals surface area contributed by atoms with Crippen molar-refractivity contribution in [1.82, 2.24) is 10.2 Å². The van der Waals surface area contributed by atoms with Crippen LogP contribution in [0.3, 0.4) is 0 Å². The van der Waals surface area contributed by atoms with Gasteiger partial charge in [-0.2, -0.15) is 5.10 Å². The fourth-order valence-electron chi connectivity index (χ4n) is 1.51. The molecule has 0 fully saturated rings. The number of benzene rings is 1. The lowest BCUT2D eigenvalue weighted by molar-refractivity contribution is 0.600. The summed E-state index contributed by atoms with van der Waals surface area (Å²) in [6.07, 6.45) is 1.46. The van der Waals surface area contributed by atoms with Crippen molar-refractivity contribution >= 4 is 37.5 Å². The Morgan fingerprint density at radius 1 is 1.37 bits per heavy atom. The maximum Gasteiger partial charge on any atom is 0.263 e. The summed E-state index contributed by atoms with van der Waals surface area (Å²) in [5.74, 6) is 0.156. The van der Waals surface area contributed by atoms with Gasteiger partial charge in [0.05, 0.1) is 4.90 Å². The summed E-state index contributed by atoms with van der Waals surface area (Å²) in [5, 5.41) is 7.29. The number of rotatable bonds is 3. The zero-order chi connectivity index (χ0) is 14.0. The summed E-state index contributed by atoms with van der Waals surface area (Å²) in [4.78, 5) is 0.110.